The van der Waals surface area contributed by atoms with E-state index in [1.807, 2.05) is 0 Å². The maximum atomic E-state index is 5.65. The monoisotopic (exact) mass is 240 g/mol. The van der Waals surface area contributed by atoms with Crippen LogP contribution < -0.4 is 0 Å². The van der Waals surface area contributed by atoms with Gasteiger partial charge in [-0.25, -0.2) is 0 Å². The summed E-state index contributed by atoms with van der Waals surface area (Å²) in [5.41, 5.74) is 0.546. The number of hydrogen-bond donors (Lipinski definition) is 0. The van der Waals surface area contributed by atoms with E-state index in [9.17, 15) is 0 Å². The van der Waals surface area contributed by atoms with Crippen molar-refractivity contribution in [2.24, 2.45) is 5.41 Å². The standard InChI is InChI=1S/C15H28O2/c1-3-4-5-6-9-15(2)10-7-13-14(8-11-15)17-12-16-13/h13-14H,3-12H2,1-2H3. The lowest BCUT2D eigenvalue weighted by molar-refractivity contribution is 0.0274. The number of ether oxygens (including phenoxy) is 2. The van der Waals surface area contributed by atoms with Crippen LogP contribution in [0.5, 0.6) is 0 Å². The summed E-state index contributed by atoms with van der Waals surface area (Å²) >= 11 is 0. The van der Waals surface area contributed by atoms with Gasteiger partial charge >= 0.3 is 0 Å². The van der Waals surface area contributed by atoms with Gasteiger partial charge in [0.1, 0.15) is 6.79 Å². The zero-order valence-electron chi connectivity index (χ0n) is 11.5. The lowest BCUT2D eigenvalue weighted by atomic mass is 9.78. The van der Waals surface area contributed by atoms with E-state index in [1.54, 1.807) is 0 Å². The molecular formula is C15H28O2. The van der Waals surface area contributed by atoms with Crippen LogP contribution in [-0.2, 0) is 9.47 Å². The van der Waals surface area contributed by atoms with Gasteiger partial charge in [0.2, 0.25) is 0 Å². The molecule has 2 rings (SSSR count). The Morgan fingerprint density at radius 3 is 2.24 bits per heavy atom. The van der Waals surface area contributed by atoms with Crippen LogP contribution in [0.15, 0.2) is 0 Å². The SMILES string of the molecule is CCCCCCC1(C)CCC2OCOC2CC1. The number of fused-ring (bicyclic) bond motifs is 1. The summed E-state index contributed by atoms with van der Waals surface area (Å²) in [5.74, 6) is 0. The molecule has 0 aromatic rings. The van der Waals surface area contributed by atoms with Crippen LogP contribution in [0.3, 0.4) is 0 Å². The molecule has 1 heterocycles. The molecule has 0 radical (unpaired) electrons. The highest BCUT2D eigenvalue weighted by Gasteiger charge is 2.37. The molecular weight excluding hydrogens is 212 g/mol. The van der Waals surface area contributed by atoms with Gasteiger partial charge in [0.15, 0.2) is 0 Å². The first-order chi connectivity index (χ1) is 8.23. The van der Waals surface area contributed by atoms with E-state index in [2.05, 4.69) is 13.8 Å². The Morgan fingerprint density at radius 2 is 1.65 bits per heavy atom. The summed E-state index contributed by atoms with van der Waals surface area (Å²) in [4.78, 5) is 0. The highest BCUT2D eigenvalue weighted by Crippen LogP contribution is 2.41. The molecule has 2 fully saturated rings. The molecule has 2 atom stereocenters. The van der Waals surface area contributed by atoms with Crippen LogP contribution in [0.25, 0.3) is 0 Å². The average molecular weight is 240 g/mol. The van der Waals surface area contributed by atoms with Crippen molar-refractivity contribution >= 4 is 0 Å². The van der Waals surface area contributed by atoms with E-state index in [0.717, 1.165) is 0 Å². The van der Waals surface area contributed by atoms with Gasteiger partial charge in [-0.05, 0) is 37.5 Å². The number of rotatable bonds is 5. The van der Waals surface area contributed by atoms with E-state index >= 15 is 0 Å². The Kier molecular flexibility index (Phi) is 4.87. The van der Waals surface area contributed by atoms with Crippen molar-refractivity contribution in [3.05, 3.63) is 0 Å². The summed E-state index contributed by atoms with van der Waals surface area (Å²) in [7, 11) is 0. The van der Waals surface area contributed by atoms with Gasteiger partial charge in [0.25, 0.3) is 0 Å². The van der Waals surface area contributed by atoms with Crippen LogP contribution >= 0.6 is 0 Å². The predicted octanol–water partition coefficient (Wildman–Crippen LogP) is 4.28. The molecule has 1 saturated carbocycles. The summed E-state index contributed by atoms with van der Waals surface area (Å²) in [6.07, 6.45) is 12.8. The fourth-order valence-electron chi connectivity index (χ4n) is 3.30. The second kappa shape index (κ2) is 6.19. The molecule has 0 spiro atoms. The molecule has 0 amide bonds. The maximum absolute atomic E-state index is 5.65. The Balaban J connectivity index is 1.76. The van der Waals surface area contributed by atoms with Gasteiger partial charge in [-0.15, -0.1) is 0 Å². The van der Waals surface area contributed by atoms with Crippen molar-refractivity contribution in [1.82, 2.24) is 0 Å². The van der Waals surface area contributed by atoms with Crippen LogP contribution in [0.2, 0.25) is 0 Å². The third kappa shape index (κ3) is 3.69. The van der Waals surface area contributed by atoms with Crippen molar-refractivity contribution in [3.8, 4) is 0 Å². The molecule has 1 aliphatic carbocycles. The number of unbranched alkanes of at least 4 members (excludes halogenated alkanes) is 3. The molecule has 0 bridgehead atoms. The van der Waals surface area contributed by atoms with Gasteiger partial charge in [-0.2, -0.15) is 0 Å². The van der Waals surface area contributed by atoms with Gasteiger partial charge in [0.05, 0.1) is 12.2 Å². The van der Waals surface area contributed by atoms with Crippen LogP contribution in [0.1, 0.15) is 71.6 Å². The van der Waals surface area contributed by atoms with Gasteiger partial charge in [-0.3, -0.25) is 0 Å². The number of hydrogen-bond acceptors (Lipinski definition) is 2. The summed E-state index contributed by atoms with van der Waals surface area (Å²) in [6, 6.07) is 0. The molecule has 2 unspecified atom stereocenters. The minimum atomic E-state index is 0.396. The first-order valence-corrected chi connectivity index (χ1v) is 7.47. The normalized spacial score (nSPS) is 37.8. The van der Waals surface area contributed by atoms with Crippen molar-refractivity contribution in [3.63, 3.8) is 0 Å². The summed E-state index contributed by atoms with van der Waals surface area (Å²) in [5, 5.41) is 0. The highest BCUT2D eigenvalue weighted by molar-refractivity contribution is 4.86. The van der Waals surface area contributed by atoms with Crippen LogP contribution in [0.4, 0.5) is 0 Å². The first-order valence-electron chi connectivity index (χ1n) is 7.47. The van der Waals surface area contributed by atoms with E-state index < -0.39 is 0 Å². The Hall–Kier alpha value is -0.0800. The minimum Gasteiger partial charge on any atom is -0.349 e. The fourth-order valence-corrected chi connectivity index (χ4v) is 3.30. The Labute approximate surface area is 106 Å². The molecule has 2 nitrogen and oxygen atoms in total. The van der Waals surface area contributed by atoms with Crippen molar-refractivity contribution in [2.45, 2.75) is 83.8 Å². The zero-order valence-corrected chi connectivity index (χ0v) is 11.5. The van der Waals surface area contributed by atoms with E-state index in [1.165, 1.54) is 57.8 Å². The van der Waals surface area contributed by atoms with Gasteiger partial charge in [0, 0.05) is 0 Å². The predicted molar refractivity (Wildman–Crippen MR) is 69.9 cm³/mol. The summed E-state index contributed by atoms with van der Waals surface area (Å²) < 4.78 is 11.3. The molecule has 2 aliphatic rings. The molecule has 0 N–H and O–H groups in total. The highest BCUT2D eigenvalue weighted by atomic mass is 16.7. The smallest absolute Gasteiger partial charge is 0.147 e. The van der Waals surface area contributed by atoms with Crippen molar-refractivity contribution < 1.29 is 9.47 Å². The molecule has 1 saturated heterocycles. The zero-order chi connectivity index (χ0) is 12.1. The van der Waals surface area contributed by atoms with Gasteiger partial charge in [-0.1, -0.05) is 39.5 Å². The molecule has 100 valence electrons. The van der Waals surface area contributed by atoms with Crippen LogP contribution in [-0.4, -0.2) is 19.0 Å². The second-order valence-electron chi connectivity index (χ2n) is 6.23. The third-order valence-electron chi connectivity index (χ3n) is 4.68. The van der Waals surface area contributed by atoms with E-state index in [4.69, 9.17) is 9.47 Å². The molecule has 1 aliphatic heterocycles. The van der Waals surface area contributed by atoms with E-state index in [0.29, 0.717) is 24.4 Å². The molecule has 0 aromatic carbocycles. The van der Waals surface area contributed by atoms with Gasteiger partial charge < -0.3 is 9.47 Å². The first kappa shape index (κ1) is 13.4. The Morgan fingerprint density at radius 1 is 1.00 bits per heavy atom. The summed E-state index contributed by atoms with van der Waals surface area (Å²) in [6.45, 7) is 5.28. The van der Waals surface area contributed by atoms with E-state index in [-0.39, 0.29) is 0 Å². The third-order valence-corrected chi connectivity index (χ3v) is 4.68. The Bertz CT molecular complexity index is 213. The minimum absolute atomic E-state index is 0.396. The topological polar surface area (TPSA) is 18.5 Å². The van der Waals surface area contributed by atoms with Crippen molar-refractivity contribution in [2.75, 3.05) is 6.79 Å². The quantitative estimate of drug-likeness (QED) is 0.668. The maximum Gasteiger partial charge on any atom is 0.147 e. The average Bonchev–Trinajstić information content (AvgIpc) is 2.72. The molecule has 0 aromatic heterocycles. The second-order valence-corrected chi connectivity index (χ2v) is 6.23. The lowest BCUT2D eigenvalue weighted by Gasteiger charge is -2.28. The lowest BCUT2D eigenvalue weighted by Crippen LogP contribution is -2.20. The van der Waals surface area contributed by atoms with Crippen LogP contribution in [0, 0.1) is 5.41 Å². The largest absolute Gasteiger partial charge is 0.349 e. The van der Waals surface area contributed by atoms with Crippen molar-refractivity contribution in [1.29, 1.82) is 0 Å². The fraction of sp³-hybridized carbons (Fsp3) is 1.00. The molecule has 17 heavy (non-hydrogen) atoms. The molecule has 2 heteroatoms.